The SMILES string of the molecule is Cc1[nH]nc(S(=O)(=O)N2CCCCC2C)c1CN. The molecule has 0 saturated carbocycles. The van der Waals surface area contributed by atoms with Crippen LogP contribution in [0.2, 0.25) is 0 Å². The van der Waals surface area contributed by atoms with Crippen LogP contribution in [0.5, 0.6) is 0 Å². The Kier molecular flexibility index (Phi) is 3.74. The molecule has 3 N–H and O–H groups in total. The number of rotatable bonds is 3. The van der Waals surface area contributed by atoms with Gasteiger partial charge in [-0.25, -0.2) is 8.42 Å². The molecule has 1 saturated heterocycles. The zero-order valence-corrected chi connectivity index (χ0v) is 11.6. The molecule has 1 aliphatic heterocycles. The molecule has 0 aliphatic carbocycles. The summed E-state index contributed by atoms with van der Waals surface area (Å²) < 4.78 is 26.7. The lowest BCUT2D eigenvalue weighted by Crippen LogP contribution is -2.42. The van der Waals surface area contributed by atoms with Crippen molar-refractivity contribution in [3.8, 4) is 0 Å². The molecule has 0 radical (unpaired) electrons. The maximum Gasteiger partial charge on any atom is 0.262 e. The molecule has 1 unspecified atom stereocenters. The van der Waals surface area contributed by atoms with E-state index in [9.17, 15) is 8.42 Å². The lowest BCUT2D eigenvalue weighted by molar-refractivity contribution is 0.268. The van der Waals surface area contributed by atoms with Crippen LogP contribution in [0.25, 0.3) is 0 Å². The summed E-state index contributed by atoms with van der Waals surface area (Å²) in [5.41, 5.74) is 6.93. The van der Waals surface area contributed by atoms with E-state index in [1.54, 1.807) is 11.2 Å². The quantitative estimate of drug-likeness (QED) is 0.849. The molecule has 0 spiro atoms. The average Bonchev–Trinajstić information content (AvgIpc) is 2.71. The summed E-state index contributed by atoms with van der Waals surface area (Å²) in [7, 11) is -3.52. The van der Waals surface area contributed by atoms with Gasteiger partial charge in [0.05, 0.1) is 0 Å². The van der Waals surface area contributed by atoms with Gasteiger partial charge in [-0.2, -0.15) is 9.40 Å². The predicted molar refractivity (Wildman–Crippen MR) is 68.4 cm³/mol. The van der Waals surface area contributed by atoms with Gasteiger partial charge >= 0.3 is 0 Å². The molecule has 102 valence electrons. The van der Waals surface area contributed by atoms with Crippen molar-refractivity contribution in [2.45, 2.75) is 50.7 Å². The molecule has 0 aromatic carbocycles. The van der Waals surface area contributed by atoms with Crippen molar-refractivity contribution in [3.05, 3.63) is 11.3 Å². The van der Waals surface area contributed by atoms with E-state index in [4.69, 9.17) is 5.73 Å². The summed E-state index contributed by atoms with van der Waals surface area (Å²) in [5, 5.41) is 6.74. The van der Waals surface area contributed by atoms with Gasteiger partial charge < -0.3 is 5.73 Å². The highest BCUT2D eigenvalue weighted by molar-refractivity contribution is 7.89. The van der Waals surface area contributed by atoms with Crippen molar-refractivity contribution in [2.24, 2.45) is 5.73 Å². The Balaban J connectivity index is 2.41. The van der Waals surface area contributed by atoms with Crippen LogP contribution in [0.1, 0.15) is 37.4 Å². The minimum absolute atomic E-state index is 0.0337. The highest BCUT2D eigenvalue weighted by atomic mass is 32.2. The van der Waals surface area contributed by atoms with Crippen molar-refractivity contribution in [1.82, 2.24) is 14.5 Å². The van der Waals surface area contributed by atoms with Gasteiger partial charge in [-0.05, 0) is 26.7 Å². The van der Waals surface area contributed by atoms with Gasteiger partial charge in [0.25, 0.3) is 10.0 Å². The van der Waals surface area contributed by atoms with Crippen molar-refractivity contribution in [2.75, 3.05) is 6.54 Å². The highest BCUT2D eigenvalue weighted by Crippen LogP contribution is 2.26. The Morgan fingerprint density at radius 1 is 1.50 bits per heavy atom. The Morgan fingerprint density at radius 3 is 2.83 bits per heavy atom. The largest absolute Gasteiger partial charge is 0.326 e. The number of piperidine rings is 1. The fourth-order valence-electron chi connectivity index (χ4n) is 2.42. The molecule has 1 fully saturated rings. The Bertz CT molecular complexity index is 523. The Labute approximate surface area is 108 Å². The van der Waals surface area contributed by atoms with Crippen LogP contribution in [0.4, 0.5) is 0 Å². The summed E-state index contributed by atoms with van der Waals surface area (Å²) in [6.07, 6.45) is 2.89. The lowest BCUT2D eigenvalue weighted by Gasteiger charge is -2.31. The predicted octanol–water partition coefficient (Wildman–Crippen LogP) is 0.740. The second-order valence-corrected chi connectivity index (χ2v) is 6.60. The van der Waals surface area contributed by atoms with E-state index in [1.807, 2.05) is 6.92 Å². The van der Waals surface area contributed by atoms with Gasteiger partial charge in [-0.1, -0.05) is 6.42 Å². The van der Waals surface area contributed by atoms with Gasteiger partial charge in [0.1, 0.15) is 0 Å². The molecule has 18 heavy (non-hydrogen) atoms. The molecule has 1 aromatic rings. The van der Waals surface area contributed by atoms with E-state index >= 15 is 0 Å². The molecule has 6 nitrogen and oxygen atoms in total. The van der Waals surface area contributed by atoms with Crippen LogP contribution in [0.3, 0.4) is 0 Å². The third-order valence-corrected chi connectivity index (χ3v) is 5.52. The number of sulfonamides is 1. The Morgan fingerprint density at radius 2 is 2.22 bits per heavy atom. The Hall–Kier alpha value is -0.920. The second-order valence-electron chi connectivity index (χ2n) is 4.80. The molecule has 2 rings (SSSR count). The third kappa shape index (κ3) is 2.17. The number of nitrogens with zero attached hydrogens (tertiary/aromatic N) is 2. The number of hydrogen-bond donors (Lipinski definition) is 2. The monoisotopic (exact) mass is 272 g/mol. The van der Waals surface area contributed by atoms with Gasteiger partial charge in [0, 0.05) is 30.4 Å². The maximum atomic E-state index is 12.6. The van der Waals surface area contributed by atoms with Crippen LogP contribution >= 0.6 is 0 Å². The van der Waals surface area contributed by atoms with Crippen LogP contribution in [-0.4, -0.2) is 35.5 Å². The molecule has 1 aromatic heterocycles. The molecule has 0 amide bonds. The standard InChI is InChI=1S/C11H20N4O2S/c1-8-5-3-4-6-15(8)18(16,17)11-10(7-12)9(2)13-14-11/h8H,3-7,12H2,1-2H3,(H,13,14). The lowest BCUT2D eigenvalue weighted by atomic mass is 10.1. The number of aryl methyl sites for hydroxylation is 1. The van der Waals surface area contributed by atoms with Crippen molar-refractivity contribution >= 4 is 10.0 Å². The highest BCUT2D eigenvalue weighted by Gasteiger charge is 2.34. The molecular weight excluding hydrogens is 252 g/mol. The van der Waals surface area contributed by atoms with E-state index in [0.717, 1.165) is 25.0 Å². The smallest absolute Gasteiger partial charge is 0.262 e. The minimum Gasteiger partial charge on any atom is -0.326 e. The second kappa shape index (κ2) is 4.99. The van der Waals surface area contributed by atoms with Crippen molar-refractivity contribution < 1.29 is 8.42 Å². The average molecular weight is 272 g/mol. The van der Waals surface area contributed by atoms with E-state index in [-0.39, 0.29) is 17.6 Å². The molecule has 2 heterocycles. The minimum atomic E-state index is -3.52. The maximum absolute atomic E-state index is 12.6. The normalized spacial score (nSPS) is 22.3. The first-order valence-corrected chi connectivity index (χ1v) is 7.68. The van der Waals surface area contributed by atoms with E-state index < -0.39 is 10.0 Å². The first kappa shape index (κ1) is 13.5. The van der Waals surface area contributed by atoms with Crippen LogP contribution in [0, 0.1) is 6.92 Å². The third-order valence-electron chi connectivity index (χ3n) is 3.54. The first-order valence-electron chi connectivity index (χ1n) is 6.24. The van der Waals surface area contributed by atoms with Crippen LogP contribution in [0.15, 0.2) is 5.03 Å². The number of nitrogens with two attached hydrogens (primary N) is 1. The van der Waals surface area contributed by atoms with Gasteiger partial charge in [0.2, 0.25) is 0 Å². The summed E-state index contributed by atoms with van der Waals surface area (Å²) >= 11 is 0. The molecule has 1 aliphatic rings. The van der Waals surface area contributed by atoms with E-state index in [2.05, 4.69) is 10.2 Å². The number of nitrogens with one attached hydrogen (secondary N) is 1. The summed E-state index contributed by atoms with van der Waals surface area (Å²) in [4.78, 5) is 0. The summed E-state index contributed by atoms with van der Waals surface area (Å²) in [6.45, 7) is 4.48. The van der Waals surface area contributed by atoms with Crippen molar-refractivity contribution in [3.63, 3.8) is 0 Å². The number of aromatic nitrogens is 2. The number of hydrogen-bond acceptors (Lipinski definition) is 4. The van der Waals surface area contributed by atoms with Crippen molar-refractivity contribution in [1.29, 1.82) is 0 Å². The zero-order valence-electron chi connectivity index (χ0n) is 10.8. The van der Waals surface area contributed by atoms with Gasteiger partial charge in [-0.15, -0.1) is 0 Å². The summed E-state index contributed by atoms with van der Waals surface area (Å²) in [5.74, 6) is 0. The molecular formula is C11H20N4O2S. The van der Waals surface area contributed by atoms with Gasteiger partial charge in [0.15, 0.2) is 5.03 Å². The van der Waals surface area contributed by atoms with Crippen LogP contribution in [-0.2, 0) is 16.6 Å². The number of aromatic amines is 1. The summed E-state index contributed by atoms with van der Waals surface area (Å²) in [6, 6.07) is 0.0337. The topological polar surface area (TPSA) is 92.1 Å². The molecule has 0 bridgehead atoms. The fraction of sp³-hybridized carbons (Fsp3) is 0.727. The van der Waals surface area contributed by atoms with Crippen LogP contribution < -0.4 is 5.73 Å². The first-order chi connectivity index (χ1) is 8.48. The number of H-pyrrole nitrogens is 1. The molecule has 7 heteroatoms. The van der Waals surface area contributed by atoms with Gasteiger partial charge in [-0.3, -0.25) is 5.10 Å². The molecule has 1 atom stereocenters. The van der Waals surface area contributed by atoms with E-state index in [0.29, 0.717) is 12.1 Å². The zero-order chi connectivity index (χ0) is 13.3. The fourth-order valence-corrected chi connectivity index (χ4v) is 4.30. The van der Waals surface area contributed by atoms with E-state index in [1.165, 1.54) is 0 Å².